The summed E-state index contributed by atoms with van der Waals surface area (Å²) in [7, 11) is 0. The summed E-state index contributed by atoms with van der Waals surface area (Å²) >= 11 is 0. The summed E-state index contributed by atoms with van der Waals surface area (Å²) in [4.78, 5) is 26.5. The Morgan fingerprint density at radius 3 is 2.44 bits per heavy atom. The molecule has 0 unspecified atom stereocenters. The van der Waals surface area contributed by atoms with Crippen LogP contribution in [0.15, 0.2) is 12.1 Å². The van der Waals surface area contributed by atoms with Gasteiger partial charge >= 0.3 is 0 Å². The number of fused-ring (bicyclic) bond motifs is 1. The molecule has 0 saturated carbocycles. The number of aromatic nitrogens is 3. The molecule has 0 spiro atoms. The Labute approximate surface area is 189 Å². The van der Waals surface area contributed by atoms with Crippen molar-refractivity contribution in [1.29, 1.82) is 0 Å². The van der Waals surface area contributed by atoms with Crippen molar-refractivity contribution in [3.8, 4) is 0 Å². The Morgan fingerprint density at radius 1 is 1.12 bits per heavy atom. The topological polar surface area (TPSA) is 106 Å². The lowest BCUT2D eigenvalue weighted by Gasteiger charge is -2.29. The van der Waals surface area contributed by atoms with Crippen molar-refractivity contribution in [3.05, 3.63) is 46.8 Å². The van der Waals surface area contributed by atoms with Gasteiger partial charge in [-0.15, -0.1) is 22.6 Å². The van der Waals surface area contributed by atoms with Crippen LogP contribution in [0.4, 0.5) is 13.2 Å². The molecule has 0 fully saturated rings. The highest BCUT2D eigenvalue weighted by atomic mass is 35.5. The van der Waals surface area contributed by atoms with Gasteiger partial charge in [0.2, 0.25) is 11.7 Å². The molecule has 1 atom stereocenters. The van der Waals surface area contributed by atoms with Crippen LogP contribution in [0.25, 0.3) is 0 Å². The number of halogens is 4. The maximum atomic E-state index is 13.8. The SMILES string of the molecule is CC(C)(C)NC(=O)c1nnc2n1CCN(C(=O)C[C@H](N)Cc1cc(F)c(F)cc1F)C2.Cl. The van der Waals surface area contributed by atoms with Crippen molar-refractivity contribution in [1.82, 2.24) is 25.0 Å². The second kappa shape index (κ2) is 9.86. The lowest BCUT2D eigenvalue weighted by Crippen LogP contribution is -2.44. The van der Waals surface area contributed by atoms with Gasteiger partial charge in [-0.3, -0.25) is 9.59 Å². The van der Waals surface area contributed by atoms with E-state index in [-0.39, 0.29) is 55.0 Å². The first kappa shape index (κ1) is 25.6. The van der Waals surface area contributed by atoms with Crippen molar-refractivity contribution in [2.75, 3.05) is 6.54 Å². The summed E-state index contributed by atoms with van der Waals surface area (Å²) in [5, 5.41) is 10.8. The van der Waals surface area contributed by atoms with Gasteiger partial charge in [-0.25, -0.2) is 13.2 Å². The molecule has 2 amide bonds. The van der Waals surface area contributed by atoms with Gasteiger partial charge in [0.1, 0.15) is 5.82 Å². The molecule has 0 bridgehead atoms. The Balaban J connectivity index is 0.00000363. The van der Waals surface area contributed by atoms with Gasteiger partial charge < -0.3 is 20.5 Å². The smallest absolute Gasteiger partial charge is 0.289 e. The van der Waals surface area contributed by atoms with E-state index in [1.165, 1.54) is 4.90 Å². The zero-order valence-corrected chi connectivity index (χ0v) is 18.8. The number of carbonyl (C=O) groups excluding carboxylic acids is 2. The zero-order valence-electron chi connectivity index (χ0n) is 18.0. The van der Waals surface area contributed by atoms with Crippen LogP contribution >= 0.6 is 12.4 Å². The van der Waals surface area contributed by atoms with E-state index in [4.69, 9.17) is 5.73 Å². The minimum Gasteiger partial charge on any atom is -0.345 e. The molecule has 1 aromatic heterocycles. The van der Waals surface area contributed by atoms with E-state index in [0.29, 0.717) is 25.0 Å². The van der Waals surface area contributed by atoms with Crippen LogP contribution in [0.2, 0.25) is 0 Å². The second-order valence-corrected chi connectivity index (χ2v) is 8.64. The molecule has 1 aromatic carbocycles. The van der Waals surface area contributed by atoms with E-state index in [9.17, 15) is 22.8 Å². The molecule has 12 heteroatoms. The first-order valence-corrected chi connectivity index (χ1v) is 9.86. The van der Waals surface area contributed by atoms with Crippen molar-refractivity contribution in [3.63, 3.8) is 0 Å². The Morgan fingerprint density at radius 2 is 1.78 bits per heavy atom. The molecule has 0 aliphatic carbocycles. The fraction of sp³-hybridized carbons (Fsp3) is 0.500. The lowest BCUT2D eigenvalue weighted by atomic mass is 10.0. The Bertz CT molecular complexity index is 1010. The molecule has 1 aliphatic heterocycles. The van der Waals surface area contributed by atoms with Gasteiger partial charge in [0.05, 0.1) is 6.54 Å². The van der Waals surface area contributed by atoms with E-state index in [0.717, 1.165) is 6.07 Å². The molecule has 8 nitrogen and oxygen atoms in total. The van der Waals surface area contributed by atoms with Crippen LogP contribution in [-0.4, -0.2) is 49.6 Å². The van der Waals surface area contributed by atoms with E-state index >= 15 is 0 Å². The molecular weight excluding hydrogens is 449 g/mol. The molecule has 32 heavy (non-hydrogen) atoms. The maximum Gasteiger partial charge on any atom is 0.289 e. The summed E-state index contributed by atoms with van der Waals surface area (Å²) in [5.41, 5.74) is 5.43. The van der Waals surface area contributed by atoms with Gasteiger partial charge in [0.25, 0.3) is 5.91 Å². The van der Waals surface area contributed by atoms with Gasteiger partial charge in [-0.1, -0.05) is 0 Å². The fourth-order valence-electron chi connectivity index (χ4n) is 3.36. The average Bonchev–Trinajstić information content (AvgIpc) is 3.08. The highest BCUT2D eigenvalue weighted by Gasteiger charge is 2.29. The first-order chi connectivity index (χ1) is 14.4. The zero-order chi connectivity index (χ0) is 22.9. The third kappa shape index (κ3) is 5.98. The molecule has 0 radical (unpaired) electrons. The van der Waals surface area contributed by atoms with E-state index < -0.39 is 29.0 Å². The van der Waals surface area contributed by atoms with Gasteiger partial charge in [-0.05, 0) is 38.8 Å². The van der Waals surface area contributed by atoms with Gasteiger partial charge in [-0.2, -0.15) is 0 Å². The summed E-state index contributed by atoms with van der Waals surface area (Å²) in [5.74, 6) is -3.34. The van der Waals surface area contributed by atoms with Crippen LogP contribution in [-0.2, 0) is 24.3 Å². The standard InChI is InChI=1S/C20H25F3N6O2.ClH/c1-20(2,3)25-19(31)18-27-26-16-10-28(4-5-29(16)18)17(30)8-12(24)6-11-7-14(22)15(23)9-13(11)21;/h7,9,12H,4-6,8,10,24H2,1-3H3,(H,25,31);1H/t12-;/m1./s1. The number of hydrogen-bond donors (Lipinski definition) is 2. The number of hydrogen-bond acceptors (Lipinski definition) is 5. The number of rotatable bonds is 5. The maximum absolute atomic E-state index is 13.8. The van der Waals surface area contributed by atoms with Crippen LogP contribution in [0.3, 0.4) is 0 Å². The molecule has 2 aromatic rings. The van der Waals surface area contributed by atoms with Crippen molar-refractivity contribution >= 4 is 24.2 Å². The number of amides is 2. The van der Waals surface area contributed by atoms with Crippen LogP contribution in [0, 0.1) is 17.5 Å². The van der Waals surface area contributed by atoms with Crippen LogP contribution in [0.5, 0.6) is 0 Å². The summed E-state index contributed by atoms with van der Waals surface area (Å²) in [6.07, 6.45) is -0.222. The predicted octanol–water partition coefficient (Wildman–Crippen LogP) is 1.95. The fourth-order valence-corrected chi connectivity index (χ4v) is 3.36. The first-order valence-electron chi connectivity index (χ1n) is 9.86. The molecule has 176 valence electrons. The predicted molar refractivity (Wildman–Crippen MR) is 113 cm³/mol. The van der Waals surface area contributed by atoms with E-state index in [1.54, 1.807) is 4.57 Å². The van der Waals surface area contributed by atoms with E-state index in [2.05, 4.69) is 15.5 Å². The third-order valence-corrected chi connectivity index (χ3v) is 4.81. The summed E-state index contributed by atoms with van der Waals surface area (Å²) < 4.78 is 41.9. The van der Waals surface area contributed by atoms with Gasteiger partial charge in [0, 0.05) is 37.2 Å². The molecule has 2 heterocycles. The molecule has 0 saturated heterocycles. The molecule has 1 aliphatic rings. The minimum atomic E-state index is -1.28. The highest BCUT2D eigenvalue weighted by Crippen LogP contribution is 2.18. The summed E-state index contributed by atoms with van der Waals surface area (Å²) in [6, 6.07) is 0.437. The van der Waals surface area contributed by atoms with Gasteiger partial charge in [0.15, 0.2) is 17.5 Å². The molecular formula is C20H26ClF3N6O2. The number of nitrogens with zero attached hydrogens (tertiary/aromatic N) is 4. The monoisotopic (exact) mass is 474 g/mol. The highest BCUT2D eigenvalue weighted by molar-refractivity contribution is 5.91. The summed E-state index contributed by atoms with van der Waals surface area (Å²) in [6.45, 7) is 6.39. The van der Waals surface area contributed by atoms with Crippen molar-refractivity contribution in [2.45, 2.75) is 58.3 Å². The number of carbonyl (C=O) groups is 2. The Kier molecular flexibility index (Phi) is 7.89. The molecule has 3 N–H and O–H groups in total. The second-order valence-electron chi connectivity index (χ2n) is 8.64. The van der Waals surface area contributed by atoms with Crippen molar-refractivity contribution in [2.24, 2.45) is 5.73 Å². The normalized spacial score (nSPS) is 14.4. The van der Waals surface area contributed by atoms with E-state index in [1.807, 2.05) is 20.8 Å². The van der Waals surface area contributed by atoms with Crippen molar-refractivity contribution < 1.29 is 22.8 Å². The average molecular weight is 475 g/mol. The number of nitrogens with two attached hydrogens (primary N) is 1. The quantitative estimate of drug-likeness (QED) is 0.644. The van der Waals surface area contributed by atoms with Crippen LogP contribution in [0.1, 0.15) is 49.2 Å². The number of nitrogens with one attached hydrogen (secondary N) is 1. The minimum absolute atomic E-state index is 0. The number of benzene rings is 1. The largest absolute Gasteiger partial charge is 0.345 e. The molecule has 3 rings (SSSR count). The lowest BCUT2D eigenvalue weighted by molar-refractivity contribution is -0.133. The van der Waals surface area contributed by atoms with Crippen LogP contribution < -0.4 is 11.1 Å². The third-order valence-electron chi connectivity index (χ3n) is 4.81. The Hall–Kier alpha value is -2.66.